The average molecular weight is 349 g/mol. The van der Waals surface area contributed by atoms with Gasteiger partial charge in [0.2, 0.25) is 11.8 Å². The summed E-state index contributed by atoms with van der Waals surface area (Å²) in [5, 5.41) is 5.78. The van der Waals surface area contributed by atoms with Crippen LogP contribution < -0.4 is 15.4 Å². The van der Waals surface area contributed by atoms with Gasteiger partial charge in [-0.1, -0.05) is 19.9 Å². The first kappa shape index (κ1) is 21.0. The van der Waals surface area contributed by atoms with Crippen LogP contribution >= 0.6 is 0 Å². The maximum Gasteiger partial charge on any atom is 0.238 e. The zero-order valence-corrected chi connectivity index (χ0v) is 16.0. The van der Waals surface area contributed by atoms with E-state index in [0.717, 1.165) is 12.8 Å². The molecule has 25 heavy (non-hydrogen) atoms. The lowest BCUT2D eigenvalue weighted by molar-refractivity contribution is -0.123. The van der Waals surface area contributed by atoms with Crippen LogP contribution in [0.3, 0.4) is 0 Å². The van der Waals surface area contributed by atoms with Crippen molar-refractivity contribution in [3.8, 4) is 5.75 Å². The van der Waals surface area contributed by atoms with Crippen LogP contribution in [-0.4, -0.2) is 50.0 Å². The molecule has 0 saturated heterocycles. The molecule has 2 N–H and O–H groups in total. The van der Waals surface area contributed by atoms with Crippen LogP contribution in [0.4, 0.5) is 5.69 Å². The van der Waals surface area contributed by atoms with Crippen molar-refractivity contribution < 1.29 is 14.3 Å². The van der Waals surface area contributed by atoms with Crippen LogP contribution in [0.25, 0.3) is 0 Å². The van der Waals surface area contributed by atoms with Crippen LogP contribution in [0.5, 0.6) is 5.75 Å². The summed E-state index contributed by atoms with van der Waals surface area (Å²) in [6.45, 7) is 6.69. The third-order valence-electron chi connectivity index (χ3n) is 3.76. The monoisotopic (exact) mass is 349 g/mol. The number of nitrogens with one attached hydrogen (secondary N) is 2. The van der Waals surface area contributed by atoms with Crippen molar-refractivity contribution >= 4 is 17.5 Å². The summed E-state index contributed by atoms with van der Waals surface area (Å²) < 4.78 is 5.13. The van der Waals surface area contributed by atoms with E-state index < -0.39 is 0 Å². The molecular weight excluding hydrogens is 318 g/mol. The highest BCUT2D eigenvalue weighted by Crippen LogP contribution is 2.16. The fourth-order valence-electron chi connectivity index (χ4n) is 2.42. The Labute approximate surface area is 150 Å². The molecule has 0 radical (unpaired) electrons. The molecule has 1 aromatic rings. The van der Waals surface area contributed by atoms with Gasteiger partial charge >= 0.3 is 0 Å². The van der Waals surface area contributed by atoms with E-state index in [9.17, 15) is 9.59 Å². The SMILES string of the molecule is COc1cccc(NC(=O)CN(C)CC(=O)N[C@@H](C)CCC(C)C)c1. The number of anilines is 1. The number of methoxy groups -OCH3 is 1. The van der Waals surface area contributed by atoms with Gasteiger partial charge in [-0.2, -0.15) is 0 Å². The molecule has 0 spiro atoms. The van der Waals surface area contributed by atoms with Crippen LogP contribution in [0, 0.1) is 5.92 Å². The van der Waals surface area contributed by atoms with Gasteiger partial charge in [-0.15, -0.1) is 0 Å². The van der Waals surface area contributed by atoms with Gasteiger partial charge in [0.05, 0.1) is 20.2 Å². The van der Waals surface area contributed by atoms with Gasteiger partial charge in [0.15, 0.2) is 0 Å². The van der Waals surface area contributed by atoms with E-state index in [-0.39, 0.29) is 30.9 Å². The summed E-state index contributed by atoms with van der Waals surface area (Å²) >= 11 is 0. The summed E-state index contributed by atoms with van der Waals surface area (Å²) in [5.41, 5.74) is 0.671. The third kappa shape index (κ3) is 9.10. The Balaban J connectivity index is 2.35. The maximum atomic E-state index is 12.1. The number of nitrogens with zero attached hydrogens (tertiary/aromatic N) is 1. The smallest absolute Gasteiger partial charge is 0.238 e. The van der Waals surface area contributed by atoms with E-state index in [1.54, 1.807) is 31.2 Å². The molecule has 0 aromatic heterocycles. The number of carbonyl (C=O) groups is 2. The maximum absolute atomic E-state index is 12.1. The first-order chi connectivity index (χ1) is 11.8. The normalized spacial score (nSPS) is 12.1. The van der Waals surface area contributed by atoms with E-state index in [0.29, 0.717) is 17.4 Å². The summed E-state index contributed by atoms with van der Waals surface area (Å²) in [4.78, 5) is 25.8. The molecule has 1 atom stereocenters. The summed E-state index contributed by atoms with van der Waals surface area (Å²) in [6, 6.07) is 7.32. The molecule has 0 aliphatic rings. The Kier molecular flexibility index (Phi) is 8.99. The van der Waals surface area contributed by atoms with Crippen LogP contribution in [-0.2, 0) is 9.59 Å². The minimum absolute atomic E-state index is 0.0621. The van der Waals surface area contributed by atoms with Gasteiger partial charge in [0.1, 0.15) is 5.75 Å². The van der Waals surface area contributed by atoms with Gasteiger partial charge in [0.25, 0.3) is 0 Å². The van der Waals surface area contributed by atoms with Crippen molar-refractivity contribution in [3.05, 3.63) is 24.3 Å². The highest BCUT2D eigenvalue weighted by molar-refractivity contribution is 5.92. The summed E-state index contributed by atoms with van der Waals surface area (Å²) in [7, 11) is 3.33. The van der Waals surface area contributed by atoms with E-state index in [1.165, 1.54) is 0 Å². The lowest BCUT2D eigenvalue weighted by atomic mass is 10.0. The second-order valence-corrected chi connectivity index (χ2v) is 6.89. The highest BCUT2D eigenvalue weighted by atomic mass is 16.5. The molecule has 0 bridgehead atoms. The Morgan fingerprint density at radius 3 is 2.44 bits per heavy atom. The first-order valence-electron chi connectivity index (χ1n) is 8.72. The average Bonchev–Trinajstić information content (AvgIpc) is 2.52. The van der Waals surface area contributed by atoms with Gasteiger partial charge < -0.3 is 15.4 Å². The van der Waals surface area contributed by atoms with Crippen molar-refractivity contribution in [2.45, 2.75) is 39.7 Å². The quantitative estimate of drug-likeness (QED) is 0.681. The Morgan fingerprint density at radius 2 is 1.80 bits per heavy atom. The lowest BCUT2D eigenvalue weighted by Gasteiger charge is -2.19. The van der Waals surface area contributed by atoms with E-state index >= 15 is 0 Å². The fraction of sp³-hybridized carbons (Fsp3) is 0.579. The third-order valence-corrected chi connectivity index (χ3v) is 3.76. The predicted octanol–water partition coefficient (Wildman–Crippen LogP) is 2.51. The topological polar surface area (TPSA) is 70.7 Å². The van der Waals surface area contributed by atoms with Gasteiger partial charge in [-0.25, -0.2) is 0 Å². The second-order valence-electron chi connectivity index (χ2n) is 6.89. The predicted molar refractivity (Wildman–Crippen MR) is 101 cm³/mol. The highest BCUT2D eigenvalue weighted by Gasteiger charge is 2.13. The Morgan fingerprint density at radius 1 is 1.12 bits per heavy atom. The molecule has 1 rings (SSSR count). The molecule has 0 aliphatic heterocycles. The fourth-order valence-corrected chi connectivity index (χ4v) is 2.42. The molecule has 0 unspecified atom stereocenters. The van der Waals surface area contributed by atoms with Crippen molar-refractivity contribution in [2.24, 2.45) is 5.92 Å². The standard InChI is InChI=1S/C19H31N3O3/c1-14(2)9-10-15(3)20-18(23)12-22(4)13-19(24)21-16-7-6-8-17(11-16)25-5/h6-8,11,14-15H,9-10,12-13H2,1-5H3,(H,20,23)(H,21,24)/t15-/m0/s1. The number of benzene rings is 1. The van der Waals surface area contributed by atoms with Crippen LogP contribution in [0.15, 0.2) is 24.3 Å². The van der Waals surface area contributed by atoms with Gasteiger partial charge in [-0.3, -0.25) is 14.5 Å². The van der Waals surface area contributed by atoms with Crippen molar-refractivity contribution in [1.29, 1.82) is 0 Å². The van der Waals surface area contributed by atoms with Crippen molar-refractivity contribution in [2.75, 3.05) is 32.6 Å². The molecular formula is C19H31N3O3. The summed E-state index contributed by atoms with van der Waals surface area (Å²) in [6.07, 6.45) is 2.05. The number of hydrogen-bond acceptors (Lipinski definition) is 4. The lowest BCUT2D eigenvalue weighted by Crippen LogP contribution is -2.42. The minimum atomic E-state index is -0.170. The molecule has 1 aromatic carbocycles. The Bertz CT molecular complexity index is 561. The molecule has 0 aliphatic carbocycles. The Hall–Kier alpha value is -2.08. The van der Waals surface area contributed by atoms with E-state index in [2.05, 4.69) is 24.5 Å². The van der Waals surface area contributed by atoms with Gasteiger partial charge in [0, 0.05) is 17.8 Å². The number of rotatable bonds is 10. The molecule has 6 nitrogen and oxygen atoms in total. The second kappa shape index (κ2) is 10.7. The number of hydrogen-bond donors (Lipinski definition) is 2. The first-order valence-corrected chi connectivity index (χ1v) is 8.72. The zero-order chi connectivity index (χ0) is 18.8. The molecule has 140 valence electrons. The molecule has 0 fully saturated rings. The molecule has 0 heterocycles. The molecule has 2 amide bonds. The zero-order valence-electron chi connectivity index (χ0n) is 16.0. The number of ether oxygens (including phenoxy) is 1. The van der Waals surface area contributed by atoms with Crippen molar-refractivity contribution in [3.63, 3.8) is 0 Å². The largest absolute Gasteiger partial charge is 0.497 e. The van der Waals surface area contributed by atoms with Crippen molar-refractivity contribution in [1.82, 2.24) is 10.2 Å². The number of likely N-dealkylation sites (N-methyl/N-ethyl adjacent to an activating group) is 1. The van der Waals surface area contributed by atoms with E-state index in [1.807, 2.05) is 19.1 Å². The van der Waals surface area contributed by atoms with Crippen LogP contribution in [0.2, 0.25) is 0 Å². The van der Waals surface area contributed by atoms with E-state index in [4.69, 9.17) is 4.74 Å². The summed E-state index contributed by atoms with van der Waals surface area (Å²) in [5.74, 6) is 1.08. The minimum Gasteiger partial charge on any atom is -0.497 e. The molecule has 0 saturated carbocycles. The number of carbonyl (C=O) groups excluding carboxylic acids is 2. The molecule has 6 heteroatoms. The van der Waals surface area contributed by atoms with Gasteiger partial charge in [-0.05, 0) is 44.9 Å². The number of amides is 2. The van der Waals surface area contributed by atoms with Crippen LogP contribution in [0.1, 0.15) is 33.6 Å².